The molecule has 4 rings (SSSR count). The quantitative estimate of drug-likeness (QED) is 0.367. The zero-order chi connectivity index (χ0) is 26.5. The SMILES string of the molecule is CCCN1C(=O)/C(=C/c2c(C)c(C#N)c(=O)n(CCC)c2N2CCN(Cc3ccccc3)CC2)SC1=S. The number of thiocarbonyl (C=S) groups is 1. The van der Waals surface area contributed by atoms with Gasteiger partial charge in [-0.1, -0.05) is 68.2 Å². The van der Waals surface area contributed by atoms with E-state index in [0.29, 0.717) is 27.9 Å². The molecule has 2 aliphatic heterocycles. The summed E-state index contributed by atoms with van der Waals surface area (Å²) in [6, 6.07) is 12.6. The smallest absolute Gasteiger partial charge is 0.270 e. The number of amides is 1. The molecule has 0 radical (unpaired) electrons. The Balaban J connectivity index is 1.73. The van der Waals surface area contributed by atoms with Crippen LogP contribution in [0.2, 0.25) is 0 Å². The van der Waals surface area contributed by atoms with E-state index in [1.54, 1.807) is 9.47 Å². The fourth-order valence-corrected chi connectivity index (χ4v) is 6.21. The highest BCUT2D eigenvalue weighted by atomic mass is 32.2. The largest absolute Gasteiger partial charge is 0.355 e. The molecule has 2 aliphatic rings. The van der Waals surface area contributed by atoms with Gasteiger partial charge in [0.25, 0.3) is 11.5 Å². The third-order valence-corrected chi connectivity index (χ3v) is 8.19. The van der Waals surface area contributed by atoms with Crippen LogP contribution in [-0.2, 0) is 17.9 Å². The molecule has 0 N–H and O–H groups in total. The Morgan fingerprint density at radius 1 is 1.05 bits per heavy atom. The molecule has 3 heterocycles. The molecule has 2 saturated heterocycles. The first-order chi connectivity index (χ1) is 17.9. The van der Waals surface area contributed by atoms with Crippen LogP contribution in [0, 0.1) is 18.3 Å². The van der Waals surface area contributed by atoms with Gasteiger partial charge in [-0.3, -0.25) is 24.0 Å². The average molecular weight is 536 g/mol. The van der Waals surface area contributed by atoms with Crippen molar-refractivity contribution < 1.29 is 4.79 Å². The van der Waals surface area contributed by atoms with Crippen LogP contribution in [0.4, 0.5) is 5.82 Å². The van der Waals surface area contributed by atoms with Gasteiger partial charge in [0.05, 0.1) is 4.91 Å². The molecule has 194 valence electrons. The van der Waals surface area contributed by atoms with Crippen molar-refractivity contribution in [2.75, 3.05) is 37.6 Å². The average Bonchev–Trinajstić information content (AvgIpc) is 3.16. The Morgan fingerprint density at radius 2 is 1.73 bits per heavy atom. The highest BCUT2D eigenvalue weighted by molar-refractivity contribution is 8.26. The minimum Gasteiger partial charge on any atom is -0.355 e. The third kappa shape index (κ3) is 5.66. The van der Waals surface area contributed by atoms with E-state index in [9.17, 15) is 14.9 Å². The number of rotatable bonds is 8. The number of carbonyl (C=O) groups is 1. The number of thioether (sulfide) groups is 1. The minimum absolute atomic E-state index is 0.110. The van der Waals surface area contributed by atoms with Crippen LogP contribution in [0.25, 0.3) is 6.08 Å². The Morgan fingerprint density at radius 3 is 2.35 bits per heavy atom. The summed E-state index contributed by atoms with van der Waals surface area (Å²) in [6.07, 6.45) is 3.42. The second-order valence-electron chi connectivity index (χ2n) is 9.39. The lowest BCUT2D eigenvalue weighted by molar-refractivity contribution is -0.122. The fourth-order valence-electron chi connectivity index (χ4n) is 4.92. The standard InChI is InChI=1S/C28H33N5O2S2/c1-4-11-32-25(31-15-13-30(14-16-31)19-21-9-7-6-8-10-21)22(20(3)23(18-29)26(32)34)17-24-27(35)33(12-5-2)28(36)37-24/h6-10,17H,4-5,11-16,19H2,1-3H3/b24-17-. The van der Waals surface area contributed by atoms with E-state index < -0.39 is 0 Å². The summed E-state index contributed by atoms with van der Waals surface area (Å²) >= 11 is 6.77. The maximum Gasteiger partial charge on any atom is 0.270 e. The van der Waals surface area contributed by atoms with E-state index >= 15 is 0 Å². The summed E-state index contributed by atoms with van der Waals surface area (Å²) in [5, 5.41) is 9.85. The number of piperazine rings is 1. The first-order valence-electron chi connectivity index (χ1n) is 12.8. The number of pyridine rings is 1. The van der Waals surface area contributed by atoms with Crippen molar-refractivity contribution in [1.29, 1.82) is 5.26 Å². The summed E-state index contributed by atoms with van der Waals surface area (Å²) in [6.45, 7) is 11.0. The number of carbonyl (C=O) groups excluding carboxylic acids is 1. The molecule has 9 heteroatoms. The van der Waals surface area contributed by atoms with Crippen LogP contribution in [0.15, 0.2) is 40.0 Å². The van der Waals surface area contributed by atoms with Gasteiger partial charge in [-0.2, -0.15) is 5.26 Å². The molecule has 0 spiro atoms. The fraction of sp³-hybridized carbons (Fsp3) is 0.429. The number of hydrogen-bond donors (Lipinski definition) is 0. The number of hydrogen-bond acceptors (Lipinski definition) is 7. The number of nitriles is 1. The van der Waals surface area contributed by atoms with Crippen LogP contribution in [0.5, 0.6) is 0 Å². The van der Waals surface area contributed by atoms with Gasteiger partial charge >= 0.3 is 0 Å². The van der Waals surface area contributed by atoms with Crippen LogP contribution in [-0.4, -0.2) is 57.3 Å². The highest BCUT2D eigenvalue weighted by Gasteiger charge is 2.33. The molecule has 0 atom stereocenters. The Bertz CT molecular complexity index is 1300. The van der Waals surface area contributed by atoms with Gasteiger partial charge in [0, 0.05) is 51.4 Å². The predicted molar refractivity (Wildman–Crippen MR) is 155 cm³/mol. The molecule has 2 aromatic rings. The topological polar surface area (TPSA) is 72.6 Å². The number of aromatic nitrogens is 1. The lowest BCUT2D eigenvalue weighted by Gasteiger charge is -2.38. The van der Waals surface area contributed by atoms with Gasteiger partial charge in [0.2, 0.25) is 0 Å². The van der Waals surface area contributed by atoms with Gasteiger partial charge in [0.15, 0.2) is 0 Å². The number of anilines is 1. The monoisotopic (exact) mass is 535 g/mol. The molecule has 1 aromatic carbocycles. The van der Waals surface area contributed by atoms with Crippen LogP contribution in [0.3, 0.4) is 0 Å². The van der Waals surface area contributed by atoms with E-state index in [0.717, 1.165) is 56.9 Å². The molecule has 37 heavy (non-hydrogen) atoms. The summed E-state index contributed by atoms with van der Waals surface area (Å²) in [7, 11) is 0. The molecule has 7 nitrogen and oxygen atoms in total. The first kappa shape index (κ1) is 27.1. The molecular formula is C28H33N5O2S2. The number of benzene rings is 1. The van der Waals surface area contributed by atoms with Crippen LogP contribution < -0.4 is 10.5 Å². The second-order valence-corrected chi connectivity index (χ2v) is 11.1. The summed E-state index contributed by atoms with van der Waals surface area (Å²) in [4.78, 5) is 33.4. The molecule has 0 unspecified atom stereocenters. The molecule has 1 aromatic heterocycles. The third-order valence-electron chi connectivity index (χ3n) is 6.81. The van der Waals surface area contributed by atoms with Gasteiger partial charge in [-0.05, 0) is 37.0 Å². The minimum atomic E-state index is -0.265. The van der Waals surface area contributed by atoms with Crippen LogP contribution >= 0.6 is 24.0 Å². The van der Waals surface area contributed by atoms with E-state index in [-0.39, 0.29) is 17.0 Å². The zero-order valence-electron chi connectivity index (χ0n) is 21.7. The van der Waals surface area contributed by atoms with Gasteiger partial charge in [-0.15, -0.1) is 0 Å². The van der Waals surface area contributed by atoms with Crippen molar-refractivity contribution in [1.82, 2.24) is 14.4 Å². The van der Waals surface area contributed by atoms with Gasteiger partial charge in [-0.25, -0.2) is 0 Å². The predicted octanol–water partition coefficient (Wildman–Crippen LogP) is 4.37. The van der Waals surface area contributed by atoms with Crippen molar-refractivity contribution in [3.8, 4) is 6.07 Å². The Labute approximate surface area is 228 Å². The molecule has 0 bridgehead atoms. The number of nitrogens with zero attached hydrogens (tertiary/aromatic N) is 5. The van der Waals surface area contributed by atoms with Crippen molar-refractivity contribution >= 4 is 46.1 Å². The molecular weight excluding hydrogens is 502 g/mol. The maximum atomic E-state index is 13.4. The lowest BCUT2D eigenvalue weighted by Crippen LogP contribution is -2.48. The van der Waals surface area contributed by atoms with Gasteiger partial charge in [0.1, 0.15) is 21.8 Å². The molecule has 0 aliphatic carbocycles. The maximum absolute atomic E-state index is 13.4. The van der Waals surface area contributed by atoms with Gasteiger partial charge < -0.3 is 4.90 Å². The second kappa shape index (κ2) is 12.1. The van der Waals surface area contributed by atoms with Crippen molar-refractivity contribution in [2.24, 2.45) is 0 Å². The first-order valence-corrected chi connectivity index (χ1v) is 14.1. The van der Waals surface area contributed by atoms with E-state index in [1.165, 1.54) is 17.3 Å². The summed E-state index contributed by atoms with van der Waals surface area (Å²) in [5.41, 5.74) is 2.53. The Kier molecular flexibility index (Phi) is 8.85. The Hall–Kier alpha value is -2.93. The van der Waals surface area contributed by atoms with Crippen molar-refractivity contribution in [3.05, 3.63) is 67.8 Å². The van der Waals surface area contributed by atoms with Crippen LogP contribution in [0.1, 0.15) is 48.9 Å². The lowest BCUT2D eigenvalue weighted by atomic mass is 10.0. The molecule has 0 saturated carbocycles. The van der Waals surface area contributed by atoms with E-state index in [4.69, 9.17) is 12.2 Å². The molecule has 1 amide bonds. The highest BCUT2D eigenvalue weighted by Crippen LogP contribution is 2.36. The summed E-state index contributed by atoms with van der Waals surface area (Å²) < 4.78 is 2.28. The van der Waals surface area contributed by atoms with E-state index in [2.05, 4.69) is 40.1 Å². The normalized spacial score (nSPS) is 17.6. The van der Waals surface area contributed by atoms with Crippen molar-refractivity contribution in [3.63, 3.8) is 0 Å². The zero-order valence-corrected chi connectivity index (χ0v) is 23.3. The van der Waals surface area contributed by atoms with E-state index in [1.807, 2.05) is 32.9 Å². The molecule has 2 fully saturated rings. The van der Waals surface area contributed by atoms with Crippen molar-refractivity contribution in [2.45, 2.75) is 46.7 Å². The summed E-state index contributed by atoms with van der Waals surface area (Å²) in [5.74, 6) is 0.685.